The van der Waals surface area contributed by atoms with Crippen molar-refractivity contribution in [1.29, 1.82) is 0 Å². The van der Waals surface area contributed by atoms with Crippen LogP contribution in [0.1, 0.15) is 27.7 Å². The zero-order valence-electron chi connectivity index (χ0n) is 13.9. The van der Waals surface area contributed by atoms with E-state index in [0.717, 1.165) is 10.5 Å². The molecule has 0 bridgehead atoms. The van der Waals surface area contributed by atoms with Crippen LogP contribution < -0.4 is 0 Å². The van der Waals surface area contributed by atoms with Gasteiger partial charge >= 0.3 is 12.0 Å². The Morgan fingerprint density at radius 3 is 2.52 bits per heavy atom. The molecule has 1 heterocycles. The molecular weight excluding hydrogens is 296 g/mol. The van der Waals surface area contributed by atoms with Crippen LogP contribution in [0, 0.1) is 29.1 Å². The highest BCUT2D eigenvalue weighted by Gasteiger charge is 2.75. The molecule has 0 aromatic heterocycles. The number of amides is 3. The molecule has 1 N–H and O–H groups in total. The van der Waals surface area contributed by atoms with Crippen molar-refractivity contribution in [2.24, 2.45) is 16.7 Å². The number of allylic oxidation sites excluding steroid dienone is 2. The van der Waals surface area contributed by atoms with E-state index in [9.17, 15) is 19.5 Å². The van der Waals surface area contributed by atoms with Crippen molar-refractivity contribution in [2.75, 3.05) is 19.6 Å². The van der Waals surface area contributed by atoms with Crippen molar-refractivity contribution in [3.8, 4) is 12.3 Å². The zero-order valence-corrected chi connectivity index (χ0v) is 13.9. The van der Waals surface area contributed by atoms with Crippen LogP contribution in [0.15, 0.2) is 11.6 Å². The monoisotopic (exact) mass is 318 g/mol. The molecule has 23 heavy (non-hydrogen) atoms. The van der Waals surface area contributed by atoms with E-state index in [-0.39, 0.29) is 25.6 Å². The lowest BCUT2D eigenvalue weighted by Crippen LogP contribution is -2.42. The Morgan fingerprint density at radius 2 is 2.04 bits per heavy atom. The van der Waals surface area contributed by atoms with Gasteiger partial charge in [0.15, 0.2) is 0 Å². The summed E-state index contributed by atoms with van der Waals surface area (Å²) in [6.45, 7) is 7.35. The maximum Gasteiger partial charge on any atom is 0.328 e. The molecule has 2 unspecified atom stereocenters. The van der Waals surface area contributed by atoms with E-state index in [2.05, 4.69) is 5.92 Å². The molecule has 3 amide bonds. The van der Waals surface area contributed by atoms with E-state index in [1.165, 1.54) is 4.90 Å². The van der Waals surface area contributed by atoms with Crippen LogP contribution >= 0.6 is 0 Å². The van der Waals surface area contributed by atoms with Gasteiger partial charge in [0.25, 0.3) is 0 Å². The van der Waals surface area contributed by atoms with Gasteiger partial charge in [-0.1, -0.05) is 31.4 Å². The smallest absolute Gasteiger partial charge is 0.328 e. The lowest BCUT2D eigenvalue weighted by atomic mass is 9.95. The average molecular weight is 318 g/mol. The van der Waals surface area contributed by atoms with E-state index in [0.29, 0.717) is 0 Å². The number of aliphatic carboxylic acids is 1. The fraction of sp³-hybridized carbons (Fsp3) is 0.588. The highest BCUT2D eigenvalue weighted by Crippen LogP contribution is 2.70. The molecule has 0 aromatic carbocycles. The number of carbonyl (C=O) groups is 3. The van der Waals surface area contributed by atoms with Gasteiger partial charge < -0.3 is 10.0 Å². The number of terminal acetylenes is 1. The minimum atomic E-state index is -1.15. The summed E-state index contributed by atoms with van der Waals surface area (Å²) in [5.74, 6) is 0.728. The molecule has 2 rings (SSSR count). The van der Waals surface area contributed by atoms with Crippen molar-refractivity contribution >= 4 is 17.9 Å². The fourth-order valence-electron chi connectivity index (χ4n) is 3.59. The predicted octanol–water partition coefficient (Wildman–Crippen LogP) is 1.58. The second-order valence-corrected chi connectivity index (χ2v) is 7.04. The number of imide groups is 1. The highest BCUT2D eigenvalue weighted by molar-refractivity contribution is 6.02. The molecular formula is C17H22N2O4. The molecule has 0 radical (unpaired) electrons. The first-order valence-electron chi connectivity index (χ1n) is 7.50. The second kappa shape index (κ2) is 5.41. The average Bonchev–Trinajstić information content (AvgIpc) is 2.76. The molecule has 124 valence electrons. The third-order valence-corrected chi connectivity index (χ3v) is 5.07. The van der Waals surface area contributed by atoms with Gasteiger partial charge in [-0.15, -0.1) is 6.42 Å². The largest absolute Gasteiger partial charge is 0.481 e. The molecule has 2 atom stereocenters. The molecule has 2 aliphatic rings. The zero-order chi connectivity index (χ0) is 17.6. The van der Waals surface area contributed by atoms with E-state index >= 15 is 0 Å². The molecule has 6 nitrogen and oxygen atoms in total. The molecule has 1 aliphatic carbocycles. The number of rotatable bonds is 5. The molecule has 1 saturated heterocycles. The first-order chi connectivity index (χ1) is 10.6. The Kier molecular flexibility index (Phi) is 4.02. The van der Waals surface area contributed by atoms with E-state index in [1.54, 1.807) is 0 Å². The quantitative estimate of drug-likeness (QED) is 0.474. The molecule has 6 heteroatoms. The number of carbonyl (C=O) groups excluding carboxylic acids is 2. The minimum Gasteiger partial charge on any atom is -0.481 e. The number of carboxylic acids is 1. The fourth-order valence-corrected chi connectivity index (χ4v) is 3.59. The van der Waals surface area contributed by atoms with Crippen LogP contribution in [0.25, 0.3) is 0 Å². The Hall–Kier alpha value is -2.29. The third-order valence-electron chi connectivity index (χ3n) is 5.07. The molecule has 1 aliphatic heterocycles. The number of nitrogens with zero attached hydrogens (tertiary/aromatic N) is 2. The van der Waals surface area contributed by atoms with Crippen molar-refractivity contribution in [2.45, 2.75) is 27.7 Å². The Bertz CT molecular complexity index is 639. The van der Waals surface area contributed by atoms with Gasteiger partial charge in [0.05, 0.1) is 12.0 Å². The molecule has 2 fully saturated rings. The Morgan fingerprint density at radius 1 is 1.43 bits per heavy atom. The first-order valence-corrected chi connectivity index (χ1v) is 7.50. The summed E-state index contributed by atoms with van der Waals surface area (Å²) in [5, 5.41) is 9.80. The Balaban J connectivity index is 2.31. The SMILES string of the molecule is C#CCN1CC(=O)N(CC2(C(=O)O)C(C=C(C)C)C2(C)C)C1=O. The van der Waals surface area contributed by atoms with Gasteiger partial charge in [-0.2, -0.15) is 0 Å². The summed E-state index contributed by atoms with van der Waals surface area (Å²) in [4.78, 5) is 38.7. The van der Waals surface area contributed by atoms with E-state index in [1.807, 2.05) is 33.8 Å². The summed E-state index contributed by atoms with van der Waals surface area (Å²) in [6, 6.07) is -0.507. The molecule has 1 saturated carbocycles. The first kappa shape index (κ1) is 17.1. The van der Waals surface area contributed by atoms with Crippen LogP contribution in [0.2, 0.25) is 0 Å². The summed E-state index contributed by atoms with van der Waals surface area (Å²) in [6.07, 6.45) is 7.11. The summed E-state index contributed by atoms with van der Waals surface area (Å²) in [5.41, 5.74) is -0.669. The normalized spacial score (nSPS) is 28.6. The van der Waals surface area contributed by atoms with Gasteiger partial charge in [0.1, 0.15) is 6.54 Å². The van der Waals surface area contributed by atoms with Crippen LogP contribution in [0.4, 0.5) is 4.79 Å². The van der Waals surface area contributed by atoms with Crippen LogP contribution in [-0.4, -0.2) is 52.4 Å². The number of hydrogen-bond donors (Lipinski definition) is 1. The summed E-state index contributed by atoms with van der Waals surface area (Å²) in [7, 11) is 0. The molecule has 0 spiro atoms. The standard InChI is InChI=1S/C17H22N2O4/c1-6-7-18-9-13(20)19(15(18)23)10-17(14(21)22)12(8-11(2)3)16(17,4)5/h1,8,12H,7,9-10H2,2-5H3,(H,21,22). The topological polar surface area (TPSA) is 77.9 Å². The number of urea groups is 1. The highest BCUT2D eigenvalue weighted by atomic mass is 16.4. The summed E-state index contributed by atoms with van der Waals surface area (Å²) < 4.78 is 0. The maximum atomic E-state index is 12.3. The maximum absolute atomic E-state index is 12.3. The lowest BCUT2D eigenvalue weighted by molar-refractivity contribution is -0.146. The van der Waals surface area contributed by atoms with Crippen LogP contribution in [-0.2, 0) is 9.59 Å². The Labute approximate surface area is 136 Å². The van der Waals surface area contributed by atoms with E-state index < -0.39 is 28.7 Å². The number of carboxylic acid groups (broad SMARTS) is 1. The summed E-state index contributed by atoms with van der Waals surface area (Å²) >= 11 is 0. The van der Waals surface area contributed by atoms with E-state index in [4.69, 9.17) is 6.42 Å². The minimum absolute atomic E-state index is 0.0436. The van der Waals surface area contributed by atoms with Gasteiger partial charge in [-0.05, 0) is 19.3 Å². The third kappa shape index (κ3) is 2.40. The predicted molar refractivity (Wildman–Crippen MR) is 84.3 cm³/mol. The van der Waals surface area contributed by atoms with Crippen molar-refractivity contribution in [3.05, 3.63) is 11.6 Å². The van der Waals surface area contributed by atoms with Crippen LogP contribution in [0.5, 0.6) is 0 Å². The lowest BCUT2D eigenvalue weighted by Gasteiger charge is -2.22. The van der Waals surface area contributed by atoms with Gasteiger partial charge in [0.2, 0.25) is 5.91 Å². The van der Waals surface area contributed by atoms with Gasteiger partial charge in [-0.3, -0.25) is 14.5 Å². The van der Waals surface area contributed by atoms with Gasteiger partial charge in [0, 0.05) is 12.5 Å². The second-order valence-electron chi connectivity index (χ2n) is 7.04. The number of hydrogen-bond acceptors (Lipinski definition) is 3. The van der Waals surface area contributed by atoms with Crippen LogP contribution in [0.3, 0.4) is 0 Å². The van der Waals surface area contributed by atoms with Crippen molar-refractivity contribution in [3.63, 3.8) is 0 Å². The van der Waals surface area contributed by atoms with Crippen molar-refractivity contribution < 1.29 is 19.5 Å². The van der Waals surface area contributed by atoms with Crippen molar-refractivity contribution in [1.82, 2.24) is 9.80 Å². The molecule has 0 aromatic rings. The van der Waals surface area contributed by atoms with Gasteiger partial charge in [-0.25, -0.2) is 4.79 Å².